The van der Waals surface area contributed by atoms with Crippen LogP contribution >= 0.6 is 0 Å². The Bertz CT molecular complexity index is 489. The van der Waals surface area contributed by atoms with Crippen LogP contribution in [0.25, 0.3) is 0 Å². The van der Waals surface area contributed by atoms with Crippen LogP contribution in [0.4, 0.5) is 5.95 Å². The van der Waals surface area contributed by atoms with Crippen molar-refractivity contribution in [2.24, 2.45) is 0 Å². The van der Waals surface area contributed by atoms with Gasteiger partial charge in [0, 0.05) is 37.6 Å². The minimum Gasteiger partial charge on any atom is -0.468 e. The van der Waals surface area contributed by atoms with E-state index in [0.29, 0.717) is 0 Å². The van der Waals surface area contributed by atoms with Crippen LogP contribution in [0.5, 0.6) is 0 Å². The first kappa shape index (κ1) is 12.2. The third-order valence-electron chi connectivity index (χ3n) is 3.29. The quantitative estimate of drug-likeness (QED) is 0.888. The molecule has 0 saturated carbocycles. The molecular weight excluding hydrogens is 240 g/mol. The van der Waals surface area contributed by atoms with E-state index < -0.39 is 0 Å². The van der Waals surface area contributed by atoms with Gasteiger partial charge in [-0.15, -0.1) is 0 Å². The highest BCUT2D eigenvalue weighted by Crippen LogP contribution is 2.14. The summed E-state index contributed by atoms with van der Waals surface area (Å²) in [5.41, 5.74) is 1.09. The van der Waals surface area contributed by atoms with Gasteiger partial charge < -0.3 is 14.6 Å². The van der Waals surface area contributed by atoms with Gasteiger partial charge in [0.05, 0.1) is 12.8 Å². The van der Waals surface area contributed by atoms with E-state index >= 15 is 0 Å². The van der Waals surface area contributed by atoms with E-state index in [9.17, 15) is 0 Å². The van der Waals surface area contributed by atoms with Gasteiger partial charge in [0.2, 0.25) is 5.95 Å². The highest BCUT2D eigenvalue weighted by atomic mass is 16.3. The number of rotatable bonds is 5. The summed E-state index contributed by atoms with van der Waals surface area (Å²) in [5.74, 6) is 1.79. The molecule has 0 unspecified atom stereocenters. The van der Waals surface area contributed by atoms with Crippen LogP contribution in [0.1, 0.15) is 24.2 Å². The number of anilines is 1. The van der Waals surface area contributed by atoms with Gasteiger partial charge in [-0.25, -0.2) is 9.97 Å². The summed E-state index contributed by atoms with van der Waals surface area (Å²) in [6, 6.07) is 3.85. The van der Waals surface area contributed by atoms with Crippen LogP contribution in [0.15, 0.2) is 35.2 Å². The summed E-state index contributed by atoms with van der Waals surface area (Å²) in [6.45, 7) is 3.63. The van der Waals surface area contributed by atoms with Crippen molar-refractivity contribution in [2.75, 3.05) is 18.0 Å². The minimum absolute atomic E-state index is 0.723. The van der Waals surface area contributed by atoms with Crippen LogP contribution in [0.2, 0.25) is 0 Å². The first-order chi connectivity index (χ1) is 9.42. The normalized spacial score (nSPS) is 15.1. The maximum atomic E-state index is 5.26. The third-order valence-corrected chi connectivity index (χ3v) is 3.29. The van der Waals surface area contributed by atoms with E-state index in [0.717, 1.165) is 43.5 Å². The highest BCUT2D eigenvalue weighted by molar-refractivity contribution is 5.30. The molecule has 0 aliphatic carbocycles. The summed E-state index contributed by atoms with van der Waals surface area (Å²) in [7, 11) is 0. The number of hydrogen-bond acceptors (Lipinski definition) is 5. The number of aromatic nitrogens is 2. The first-order valence-electron chi connectivity index (χ1n) is 6.71. The van der Waals surface area contributed by atoms with Gasteiger partial charge in [0.1, 0.15) is 5.76 Å². The Kier molecular flexibility index (Phi) is 3.74. The lowest BCUT2D eigenvalue weighted by Crippen LogP contribution is -2.20. The maximum absolute atomic E-state index is 5.26. The fourth-order valence-electron chi connectivity index (χ4n) is 2.26. The second kappa shape index (κ2) is 5.84. The molecule has 2 aromatic rings. The van der Waals surface area contributed by atoms with Crippen LogP contribution in [-0.2, 0) is 13.1 Å². The molecule has 5 nitrogen and oxygen atoms in total. The Hall–Kier alpha value is -1.88. The molecule has 100 valence electrons. The molecule has 0 aromatic carbocycles. The van der Waals surface area contributed by atoms with E-state index in [-0.39, 0.29) is 0 Å². The van der Waals surface area contributed by atoms with Crippen LogP contribution in [0.3, 0.4) is 0 Å². The zero-order valence-electron chi connectivity index (χ0n) is 10.9. The molecule has 0 amide bonds. The lowest BCUT2D eigenvalue weighted by molar-refractivity contribution is 0.482. The summed E-state index contributed by atoms with van der Waals surface area (Å²) >= 11 is 0. The summed E-state index contributed by atoms with van der Waals surface area (Å²) in [6.07, 6.45) is 7.97. The zero-order chi connectivity index (χ0) is 12.9. The predicted octanol–water partition coefficient (Wildman–Crippen LogP) is 1.96. The van der Waals surface area contributed by atoms with Crippen molar-refractivity contribution in [3.05, 3.63) is 42.1 Å². The van der Waals surface area contributed by atoms with Crippen molar-refractivity contribution in [2.45, 2.75) is 25.9 Å². The molecule has 5 heteroatoms. The van der Waals surface area contributed by atoms with Crippen molar-refractivity contribution in [3.63, 3.8) is 0 Å². The Labute approximate surface area is 112 Å². The van der Waals surface area contributed by atoms with Gasteiger partial charge >= 0.3 is 0 Å². The van der Waals surface area contributed by atoms with Gasteiger partial charge in [-0.1, -0.05) is 0 Å². The lowest BCUT2D eigenvalue weighted by Gasteiger charge is -2.14. The molecule has 3 rings (SSSR count). The standard InChI is InChI=1S/C14H18N4O/c1-2-6-18(5-1)14-16-9-12(10-17-14)8-15-11-13-4-3-7-19-13/h3-4,7,9-10,15H,1-2,5-6,8,11H2. The fourth-order valence-corrected chi connectivity index (χ4v) is 2.26. The molecule has 19 heavy (non-hydrogen) atoms. The van der Waals surface area contributed by atoms with Gasteiger partial charge in [-0.05, 0) is 25.0 Å². The average molecular weight is 258 g/mol. The maximum Gasteiger partial charge on any atom is 0.225 e. The highest BCUT2D eigenvalue weighted by Gasteiger charge is 2.14. The molecule has 0 atom stereocenters. The van der Waals surface area contributed by atoms with Gasteiger partial charge in [0.15, 0.2) is 0 Å². The first-order valence-corrected chi connectivity index (χ1v) is 6.71. The monoisotopic (exact) mass is 258 g/mol. The largest absolute Gasteiger partial charge is 0.468 e. The minimum atomic E-state index is 0.723. The molecular formula is C14H18N4O. The molecule has 1 aliphatic heterocycles. The molecule has 3 heterocycles. The lowest BCUT2D eigenvalue weighted by atomic mass is 10.3. The second-order valence-electron chi connectivity index (χ2n) is 4.77. The van der Waals surface area contributed by atoms with Crippen molar-refractivity contribution in [3.8, 4) is 0 Å². The van der Waals surface area contributed by atoms with Crippen LogP contribution in [-0.4, -0.2) is 23.1 Å². The Balaban J connectivity index is 1.51. The van der Waals surface area contributed by atoms with E-state index in [1.165, 1.54) is 12.8 Å². The van der Waals surface area contributed by atoms with Crippen LogP contribution < -0.4 is 10.2 Å². The topological polar surface area (TPSA) is 54.2 Å². The molecule has 2 aromatic heterocycles. The van der Waals surface area contributed by atoms with E-state index in [1.54, 1.807) is 6.26 Å². The number of nitrogens with zero attached hydrogens (tertiary/aromatic N) is 3. The predicted molar refractivity (Wildman–Crippen MR) is 72.7 cm³/mol. The van der Waals surface area contributed by atoms with Gasteiger partial charge in [-0.2, -0.15) is 0 Å². The van der Waals surface area contributed by atoms with Crippen molar-refractivity contribution < 1.29 is 4.42 Å². The zero-order valence-corrected chi connectivity index (χ0v) is 10.9. The van der Waals surface area contributed by atoms with Crippen molar-refractivity contribution in [1.82, 2.24) is 15.3 Å². The summed E-state index contributed by atoms with van der Waals surface area (Å²) in [5, 5.41) is 3.31. The summed E-state index contributed by atoms with van der Waals surface area (Å²) < 4.78 is 5.26. The Morgan fingerprint density at radius 1 is 1.16 bits per heavy atom. The molecule has 1 fully saturated rings. The third kappa shape index (κ3) is 3.12. The van der Waals surface area contributed by atoms with E-state index in [2.05, 4.69) is 20.2 Å². The number of furan rings is 1. The smallest absolute Gasteiger partial charge is 0.225 e. The molecule has 0 spiro atoms. The Morgan fingerprint density at radius 3 is 2.63 bits per heavy atom. The SMILES string of the molecule is c1coc(CNCc2cnc(N3CCCC3)nc2)c1. The van der Waals surface area contributed by atoms with Gasteiger partial charge in [-0.3, -0.25) is 0 Å². The Morgan fingerprint density at radius 2 is 1.95 bits per heavy atom. The van der Waals surface area contributed by atoms with E-state index in [4.69, 9.17) is 4.42 Å². The molecule has 1 N–H and O–H groups in total. The fraction of sp³-hybridized carbons (Fsp3) is 0.429. The molecule has 0 bridgehead atoms. The number of nitrogens with one attached hydrogen (secondary N) is 1. The van der Waals surface area contributed by atoms with Crippen LogP contribution in [0, 0.1) is 0 Å². The average Bonchev–Trinajstić information content (AvgIpc) is 3.13. The van der Waals surface area contributed by atoms with Crippen molar-refractivity contribution in [1.29, 1.82) is 0 Å². The van der Waals surface area contributed by atoms with Crippen molar-refractivity contribution >= 4 is 5.95 Å². The van der Waals surface area contributed by atoms with Gasteiger partial charge in [0.25, 0.3) is 0 Å². The molecule has 1 saturated heterocycles. The second-order valence-corrected chi connectivity index (χ2v) is 4.77. The molecule has 1 aliphatic rings. The number of hydrogen-bond donors (Lipinski definition) is 1. The summed E-state index contributed by atoms with van der Waals surface area (Å²) in [4.78, 5) is 11.1. The van der Waals surface area contributed by atoms with E-state index in [1.807, 2.05) is 24.5 Å². The molecule has 0 radical (unpaired) electrons.